The van der Waals surface area contributed by atoms with Crippen molar-refractivity contribution in [3.8, 4) is 5.75 Å². The Morgan fingerprint density at radius 3 is 2.16 bits per heavy atom. The third kappa shape index (κ3) is 3.81. The lowest BCUT2D eigenvalue weighted by molar-refractivity contribution is -0.131. The summed E-state index contributed by atoms with van der Waals surface area (Å²) in [6, 6.07) is 5.93. The third-order valence-electron chi connectivity index (χ3n) is 5.88. The fourth-order valence-corrected chi connectivity index (χ4v) is 4.19. The summed E-state index contributed by atoms with van der Waals surface area (Å²) in [5, 5.41) is 12.7. The number of aliphatic hydroxyl groups excluding tert-OH is 1. The number of benzene rings is 1. The SMILES string of the molecule is CC1(C)NC(=O)N(C[C@@H](O)COc2ccc(N3C(=O)[C@H]4CC=CC[C@@H]4C3=O)cc2)C1=O. The van der Waals surface area contributed by atoms with Crippen molar-refractivity contribution in [2.75, 3.05) is 18.1 Å². The number of fused-ring (bicyclic) bond motifs is 1. The number of ether oxygens (including phenoxy) is 1. The molecule has 31 heavy (non-hydrogen) atoms. The van der Waals surface area contributed by atoms with Gasteiger partial charge >= 0.3 is 6.03 Å². The zero-order chi connectivity index (χ0) is 22.3. The van der Waals surface area contributed by atoms with Crippen molar-refractivity contribution in [3.63, 3.8) is 0 Å². The van der Waals surface area contributed by atoms with E-state index in [1.54, 1.807) is 38.1 Å². The number of aliphatic hydroxyl groups is 1. The highest BCUT2D eigenvalue weighted by Crippen LogP contribution is 2.37. The lowest BCUT2D eigenvalue weighted by Gasteiger charge is -2.20. The summed E-state index contributed by atoms with van der Waals surface area (Å²) >= 11 is 0. The van der Waals surface area contributed by atoms with Gasteiger partial charge in [-0.15, -0.1) is 0 Å². The molecule has 3 atom stereocenters. The Morgan fingerprint density at radius 2 is 1.65 bits per heavy atom. The van der Waals surface area contributed by atoms with Crippen LogP contribution in [0.5, 0.6) is 5.75 Å². The Bertz CT molecular complexity index is 928. The first kappa shape index (κ1) is 21.0. The van der Waals surface area contributed by atoms with Crippen molar-refractivity contribution in [1.82, 2.24) is 10.2 Å². The number of allylic oxidation sites excluding steroid dienone is 2. The number of hydrogen-bond donors (Lipinski definition) is 2. The lowest BCUT2D eigenvalue weighted by Crippen LogP contribution is -2.42. The van der Waals surface area contributed by atoms with Crippen LogP contribution in [0.1, 0.15) is 26.7 Å². The van der Waals surface area contributed by atoms with Crippen molar-refractivity contribution < 1.29 is 29.0 Å². The van der Waals surface area contributed by atoms with Gasteiger partial charge in [-0.05, 0) is 51.0 Å². The maximum atomic E-state index is 12.7. The van der Waals surface area contributed by atoms with Crippen molar-refractivity contribution in [1.29, 1.82) is 0 Å². The number of carbonyl (C=O) groups excluding carboxylic acids is 4. The predicted molar refractivity (Wildman–Crippen MR) is 110 cm³/mol. The van der Waals surface area contributed by atoms with Crippen LogP contribution in [-0.4, -0.2) is 58.6 Å². The smallest absolute Gasteiger partial charge is 0.325 e. The quantitative estimate of drug-likeness (QED) is 0.401. The molecule has 0 aromatic heterocycles. The molecule has 3 aliphatic rings. The molecule has 5 amide bonds. The van der Waals surface area contributed by atoms with Gasteiger partial charge in [0.2, 0.25) is 11.8 Å². The average Bonchev–Trinajstić information content (AvgIpc) is 3.11. The normalized spacial score (nSPS) is 25.6. The molecule has 1 aromatic carbocycles. The molecule has 2 N–H and O–H groups in total. The van der Waals surface area contributed by atoms with E-state index < -0.39 is 23.6 Å². The fraction of sp³-hybridized carbons (Fsp3) is 0.455. The van der Waals surface area contributed by atoms with E-state index in [9.17, 15) is 24.3 Å². The van der Waals surface area contributed by atoms with Gasteiger partial charge in [0.1, 0.15) is 24.0 Å². The Hall–Kier alpha value is -3.20. The fourth-order valence-electron chi connectivity index (χ4n) is 4.19. The summed E-state index contributed by atoms with van der Waals surface area (Å²) in [7, 11) is 0. The zero-order valence-corrected chi connectivity index (χ0v) is 17.4. The van der Waals surface area contributed by atoms with Gasteiger partial charge in [-0.3, -0.25) is 24.2 Å². The molecule has 2 fully saturated rings. The van der Waals surface area contributed by atoms with E-state index in [1.807, 2.05) is 12.2 Å². The first-order chi connectivity index (χ1) is 14.7. The van der Waals surface area contributed by atoms with Crippen molar-refractivity contribution in [2.24, 2.45) is 11.8 Å². The molecule has 2 saturated heterocycles. The molecular formula is C22H25N3O6. The molecular weight excluding hydrogens is 402 g/mol. The molecule has 0 saturated carbocycles. The second-order valence-corrected chi connectivity index (χ2v) is 8.60. The second kappa shape index (κ2) is 7.81. The summed E-state index contributed by atoms with van der Waals surface area (Å²) in [5.41, 5.74) is -0.509. The molecule has 9 heteroatoms. The maximum Gasteiger partial charge on any atom is 0.325 e. The van der Waals surface area contributed by atoms with E-state index in [1.165, 1.54) is 4.90 Å². The highest BCUT2D eigenvalue weighted by Gasteiger charge is 2.48. The molecule has 0 bridgehead atoms. The van der Waals surface area contributed by atoms with E-state index in [0.717, 1.165) is 4.90 Å². The van der Waals surface area contributed by atoms with E-state index in [2.05, 4.69) is 5.32 Å². The Morgan fingerprint density at radius 1 is 1.06 bits per heavy atom. The van der Waals surface area contributed by atoms with Gasteiger partial charge < -0.3 is 15.2 Å². The van der Waals surface area contributed by atoms with Gasteiger partial charge in [-0.2, -0.15) is 0 Å². The van der Waals surface area contributed by atoms with Gasteiger partial charge in [0.05, 0.1) is 24.1 Å². The van der Waals surface area contributed by atoms with E-state index >= 15 is 0 Å². The average molecular weight is 427 g/mol. The molecule has 0 spiro atoms. The zero-order valence-electron chi connectivity index (χ0n) is 17.4. The van der Waals surface area contributed by atoms with Crippen LogP contribution in [0.4, 0.5) is 10.5 Å². The second-order valence-electron chi connectivity index (χ2n) is 8.60. The molecule has 0 radical (unpaired) electrons. The van der Waals surface area contributed by atoms with Crippen LogP contribution in [0.15, 0.2) is 36.4 Å². The Balaban J connectivity index is 1.34. The Kier molecular flexibility index (Phi) is 5.30. The summed E-state index contributed by atoms with van der Waals surface area (Å²) in [5.74, 6) is -0.923. The topological polar surface area (TPSA) is 116 Å². The number of anilines is 1. The summed E-state index contributed by atoms with van der Waals surface area (Å²) in [6.45, 7) is 2.88. The molecule has 0 unspecified atom stereocenters. The van der Waals surface area contributed by atoms with Crippen LogP contribution in [0.2, 0.25) is 0 Å². The minimum atomic E-state index is -1.07. The number of amides is 5. The van der Waals surface area contributed by atoms with Crippen LogP contribution >= 0.6 is 0 Å². The maximum absolute atomic E-state index is 12.7. The number of rotatable bonds is 6. The number of β-amino-alcohol motifs (C(OH)–C–C–N with tert-alkyl or cyclic N) is 1. The van der Waals surface area contributed by atoms with Crippen LogP contribution in [0.25, 0.3) is 0 Å². The van der Waals surface area contributed by atoms with Gasteiger partial charge in [0.25, 0.3) is 5.91 Å². The highest BCUT2D eigenvalue weighted by atomic mass is 16.5. The number of imide groups is 2. The van der Waals surface area contributed by atoms with Gasteiger partial charge in [0, 0.05) is 0 Å². The van der Waals surface area contributed by atoms with Crippen LogP contribution < -0.4 is 15.0 Å². The lowest BCUT2D eigenvalue weighted by atomic mass is 9.85. The number of urea groups is 1. The standard InChI is InChI=1S/C22H25N3O6/c1-22(2)20(29)24(21(30)23-22)11-14(26)12-31-15-9-7-13(8-10-15)25-18(27)16-5-3-4-6-17(16)19(25)28/h3-4,7-10,14,16-17,26H,5-6,11-12H2,1-2H3,(H,23,30)/t14-,16+,17+/m1/s1. The van der Waals surface area contributed by atoms with E-state index in [4.69, 9.17) is 4.74 Å². The summed E-state index contributed by atoms with van der Waals surface area (Å²) in [6.07, 6.45) is 3.98. The van der Waals surface area contributed by atoms with Gasteiger partial charge in [-0.25, -0.2) is 4.79 Å². The highest BCUT2D eigenvalue weighted by molar-refractivity contribution is 6.22. The van der Waals surface area contributed by atoms with Crippen LogP contribution in [0.3, 0.4) is 0 Å². The van der Waals surface area contributed by atoms with Gasteiger partial charge in [-0.1, -0.05) is 12.2 Å². The largest absolute Gasteiger partial charge is 0.491 e. The number of nitrogens with one attached hydrogen (secondary N) is 1. The molecule has 2 heterocycles. The first-order valence-corrected chi connectivity index (χ1v) is 10.3. The molecule has 1 aromatic rings. The summed E-state index contributed by atoms with van der Waals surface area (Å²) in [4.78, 5) is 51.6. The number of carbonyl (C=O) groups is 4. The summed E-state index contributed by atoms with van der Waals surface area (Å²) < 4.78 is 5.55. The minimum Gasteiger partial charge on any atom is -0.491 e. The van der Waals surface area contributed by atoms with Crippen LogP contribution in [-0.2, 0) is 14.4 Å². The van der Waals surface area contributed by atoms with E-state index in [0.29, 0.717) is 24.3 Å². The number of hydrogen-bond acceptors (Lipinski definition) is 6. The number of nitrogens with zero attached hydrogens (tertiary/aromatic N) is 2. The van der Waals surface area contributed by atoms with Crippen molar-refractivity contribution >= 4 is 29.4 Å². The van der Waals surface area contributed by atoms with Crippen molar-refractivity contribution in [3.05, 3.63) is 36.4 Å². The van der Waals surface area contributed by atoms with E-state index in [-0.39, 0.29) is 36.8 Å². The molecule has 9 nitrogen and oxygen atoms in total. The van der Waals surface area contributed by atoms with Gasteiger partial charge in [0.15, 0.2) is 0 Å². The minimum absolute atomic E-state index is 0.131. The van der Waals surface area contributed by atoms with Crippen molar-refractivity contribution in [2.45, 2.75) is 38.3 Å². The molecule has 164 valence electrons. The molecule has 4 rings (SSSR count). The predicted octanol–water partition coefficient (Wildman–Crippen LogP) is 1.21. The first-order valence-electron chi connectivity index (χ1n) is 10.3. The molecule has 1 aliphatic carbocycles. The Labute approximate surface area is 179 Å². The monoisotopic (exact) mass is 427 g/mol. The van der Waals surface area contributed by atoms with Crippen LogP contribution in [0, 0.1) is 11.8 Å². The molecule has 2 aliphatic heterocycles. The third-order valence-corrected chi connectivity index (χ3v) is 5.88.